The van der Waals surface area contributed by atoms with Crippen LogP contribution in [0.15, 0.2) is 18.2 Å². The van der Waals surface area contributed by atoms with Crippen molar-refractivity contribution in [3.63, 3.8) is 0 Å². The average Bonchev–Trinajstić information content (AvgIpc) is 2.96. The van der Waals surface area contributed by atoms with Crippen LogP contribution in [-0.2, 0) is 16.1 Å². The first-order chi connectivity index (χ1) is 10.5. The van der Waals surface area contributed by atoms with Gasteiger partial charge in [-0.25, -0.2) is 0 Å². The number of carbonyl (C=O) groups is 1. The Labute approximate surface area is 144 Å². The number of nitrogens with two attached hydrogens (primary N) is 1. The van der Waals surface area contributed by atoms with E-state index >= 15 is 0 Å². The molecule has 0 spiro atoms. The smallest absolute Gasteiger partial charge is 0.221 e. The molecule has 0 radical (unpaired) electrons. The van der Waals surface area contributed by atoms with Gasteiger partial charge in [0.15, 0.2) is 0 Å². The maximum absolute atomic E-state index is 11.7. The molecule has 1 amide bonds. The number of aryl methyl sites for hydroxylation is 1. The molecule has 0 aliphatic carbocycles. The van der Waals surface area contributed by atoms with Gasteiger partial charge in [-0.05, 0) is 31.9 Å². The van der Waals surface area contributed by atoms with Crippen molar-refractivity contribution in [3.8, 4) is 5.75 Å². The largest absolute Gasteiger partial charge is 0.493 e. The summed E-state index contributed by atoms with van der Waals surface area (Å²) in [5.41, 5.74) is 7.76. The molecular formula is C17H27ClN2O3. The molecule has 0 saturated carbocycles. The van der Waals surface area contributed by atoms with E-state index in [0.717, 1.165) is 36.5 Å². The summed E-state index contributed by atoms with van der Waals surface area (Å²) in [5.74, 6) is 1.26. The third-order valence-corrected chi connectivity index (χ3v) is 3.70. The van der Waals surface area contributed by atoms with Crippen molar-refractivity contribution in [2.24, 2.45) is 11.7 Å². The number of hydrogen-bond acceptors (Lipinski definition) is 4. The normalized spacial score (nSPS) is 18.1. The number of halogens is 1. The lowest BCUT2D eigenvalue weighted by molar-refractivity contribution is -0.121. The first kappa shape index (κ1) is 19.7. The number of carbonyl (C=O) groups excluding carboxylic acids is 1. The molecule has 0 aromatic heterocycles. The third kappa shape index (κ3) is 6.77. The molecule has 1 fully saturated rings. The second-order valence-electron chi connectivity index (χ2n) is 6.11. The van der Waals surface area contributed by atoms with Gasteiger partial charge in [0.2, 0.25) is 5.91 Å². The van der Waals surface area contributed by atoms with Crippen LogP contribution < -0.4 is 15.8 Å². The minimum Gasteiger partial charge on any atom is -0.493 e. The van der Waals surface area contributed by atoms with E-state index in [1.54, 1.807) is 0 Å². The van der Waals surface area contributed by atoms with Crippen molar-refractivity contribution in [1.82, 2.24) is 5.32 Å². The number of benzene rings is 1. The molecule has 2 unspecified atom stereocenters. The molecule has 1 heterocycles. The highest BCUT2D eigenvalue weighted by atomic mass is 35.5. The van der Waals surface area contributed by atoms with Crippen molar-refractivity contribution in [2.75, 3.05) is 19.8 Å². The van der Waals surface area contributed by atoms with Crippen LogP contribution in [0.4, 0.5) is 0 Å². The van der Waals surface area contributed by atoms with E-state index in [9.17, 15) is 4.79 Å². The van der Waals surface area contributed by atoms with E-state index < -0.39 is 0 Å². The zero-order valence-corrected chi connectivity index (χ0v) is 14.7. The molecule has 5 nitrogen and oxygen atoms in total. The maximum atomic E-state index is 11.7. The topological polar surface area (TPSA) is 73.6 Å². The summed E-state index contributed by atoms with van der Waals surface area (Å²) in [6, 6.07) is 5.92. The minimum atomic E-state index is -0.129. The summed E-state index contributed by atoms with van der Waals surface area (Å²) in [4.78, 5) is 11.7. The van der Waals surface area contributed by atoms with Gasteiger partial charge >= 0.3 is 0 Å². The Morgan fingerprint density at radius 3 is 2.96 bits per heavy atom. The van der Waals surface area contributed by atoms with Crippen LogP contribution in [-0.4, -0.2) is 31.8 Å². The molecule has 23 heavy (non-hydrogen) atoms. The number of amides is 1. The van der Waals surface area contributed by atoms with E-state index in [-0.39, 0.29) is 24.4 Å². The summed E-state index contributed by atoms with van der Waals surface area (Å²) in [6.45, 7) is 6.56. The van der Waals surface area contributed by atoms with E-state index in [2.05, 4.69) is 5.32 Å². The molecule has 1 aromatic carbocycles. The van der Waals surface area contributed by atoms with Gasteiger partial charge in [0, 0.05) is 37.1 Å². The first-order valence-electron chi connectivity index (χ1n) is 7.87. The Morgan fingerprint density at radius 2 is 2.30 bits per heavy atom. The van der Waals surface area contributed by atoms with Gasteiger partial charge < -0.3 is 20.5 Å². The van der Waals surface area contributed by atoms with Gasteiger partial charge in [0.1, 0.15) is 5.75 Å². The van der Waals surface area contributed by atoms with Gasteiger partial charge in [-0.3, -0.25) is 4.79 Å². The monoisotopic (exact) mass is 342 g/mol. The quantitative estimate of drug-likeness (QED) is 0.796. The highest BCUT2D eigenvalue weighted by molar-refractivity contribution is 5.85. The second kappa shape index (κ2) is 9.75. The molecular weight excluding hydrogens is 316 g/mol. The van der Waals surface area contributed by atoms with Gasteiger partial charge in [-0.15, -0.1) is 12.4 Å². The highest BCUT2D eigenvalue weighted by Gasteiger charge is 2.17. The fourth-order valence-electron chi connectivity index (χ4n) is 2.42. The first-order valence-corrected chi connectivity index (χ1v) is 7.87. The van der Waals surface area contributed by atoms with Crippen LogP contribution in [0.25, 0.3) is 0 Å². The molecule has 0 bridgehead atoms. The minimum absolute atomic E-state index is 0. The van der Waals surface area contributed by atoms with E-state index in [1.807, 2.05) is 32.0 Å². The summed E-state index contributed by atoms with van der Waals surface area (Å²) in [6.07, 6.45) is 1.38. The van der Waals surface area contributed by atoms with Crippen LogP contribution in [0.5, 0.6) is 5.75 Å². The lowest BCUT2D eigenvalue weighted by Crippen LogP contribution is -2.29. The fourth-order valence-corrected chi connectivity index (χ4v) is 2.42. The van der Waals surface area contributed by atoms with E-state index in [0.29, 0.717) is 25.5 Å². The van der Waals surface area contributed by atoms with Crippen LogP contribution in [0, 0.1) is 12.8 Å². The Balaban J connectivity index is 0.00000264. The highest BCUT2D eigenvalue weighted by Crippen LogP contribution is 2.22. The lowest BCUT2D eigenvalue weighted by Gasteiger charge is -2.15. The molecule has 3 N–H and O–H groups in total. The van der Waals surface area contributed by atoms with E-state index in [4.69, 9.17) is 15.2 Å². The zero-order chi connectivity index (χ0) is 15.9. The van der Waals surface area contributed by atoms with Crippen molar-refractivity contribution < 1.29 is 14.3 Å². The molecule has 130 valence electrons. The molecule has 2 atom stereocenters. The molecule has 1 saturated heterocycles. The van der Waals surface area contributed by atoms with Crippen LogP contribution in [0.2, 0.25) is 0 Å². The molecule has 2 rings (SSSR count). The van der Waals surface area contributed by atoms with Gasteiger partial charge in [-0.2, -0.15) is 0 Å². The van der Waals surface area contributed by atoms with Crippen LogP contribution in [0.1, 0.15) is 30.9 Å². The number of hydrogen-bond donors (Lipinski definition) is 2. The predicted molar refractivity (Wildman–Crippen MR) is 93.0 cm³/mol. The van der Waals surface area contributed by atoms with E-state index in [1.165, 1.54) is 0 Å². The van der Waals surface area contributed by atoms with Crippen LogP contribution >= 0.6 is 12.4 Å². The number of nitrogens with one attached hydrogen (secondary N) is 1. The van der Waals surface area contributed by atoms with Crippen molar-refractivity contribution in [2.45, 2.75) is 39.3 Å². The zero-order valence-electron chi connectivity index (χ0n) is 13.8. The second-order valence-corrected chi connectivity index (χ2v) is 6.11. The third-order valence-electron chi connectivity index (χ3n) is 3.70. The van der Waals surface area contributed by atoms with Crippen molar-refractivity contribution in [1.29, 1.82) is 0 Å². The fraction of sp³-hybridized carbons (Fsp3) is 0.588. The maximum Gasteiger partial charge on any atom is 0.221 e. The number of ether oxygens (including phenoxy) is 2. The predicted octanol–water partition coefficient (Wildman–Crippen LogP) is 2.19. The van der Waals surface area contributed by atoms with Gasteiger partial charge in [-0.1, -0.05) is 12.1 Å². The van der Waals surface area contributed by atoms with Gasteiger partial charge in [0.25, 0.3) is 0 Å². The summed E-state index contributed by atoms with van der Waals surface area (Å²) in [7, 11) is 0. The Kier molecular flexibility index (Phi) is 8.37. The van der Waals surface area contributed by atoms with Crippen molar-refractivity contribution >= 4 is 18.3 Å². The Hall–Kier alpha value is -1.30. The average molecular weight is 343 g/mol. The molecule has 6 heteroatoms. The standard InChI is InChI=1S/C17H26N2O3.ClH/c1-12-3-4-15(9-19-17(20)8-13(2)18)16(7-12)22-11-14-5-6-21-10-14;/h3-4,7,13-14H,5-6,8-11,18H2,1-2H3,(H,19,20);1H. The van der Waals surface area contributed by atoms with Gasteiger partial charge in [0.05, 0.1) is 13.2 Å². The SMILES string of the molecule is Cc1ccc(CNC(=O)CC(C)N)c(OCC2CCOC2)c1.Cl. The molecule has 1 aliphatic heterocycles. The Morgan fingerprint density at radius 1 is 1.52 bits per heavy atom. The summed E-state index contributed by atoms with van der Waals surface area (Å²) in [5, 5.41) is 2.89. The Bertz CT molecular complexity index is 503. The molecule has 1 aromatic rings. The summed E-state index contributed by atoms with van der Waals surface area (Å²) >= 11 is 0. The lowest BCUT2D eigenvalue weighted by atomic mass is 10.1. The molecule has 1 aliphatic rings. The summed E-state index contributed by atoms with van der Waals surface area (Å²) < 4.78 is 11.3. The number of rotatable bonds is 7. The van der Waals surface area contributed by atoms with Crippen LogP contribution in [0.3, 0.4) is 0 Å². The van der Waals surface area contributed by atoms with Crippen molar-refractivity contribution in [3.05, 3.63) is 29.3 Å².